The van der Waals surface area contributed by atoms with E-state index in [0.717, 1.165) is 11.3 Å². The maximum Gasteiger partial charge on any atom is 0.260 e. The highest BCUT2D eigenvalue weighted by Crippen LogP contribution is 2.21. The van der Waals surface area contributed by atoms with Crippen molar-refractivity contribution >= 4 is 22.4 Å². The van der Waals surface area contributed by atoms with Gasteiger partial charge in [0.2, 0.25) is 0 Å². The van der Waals surface area contributed by atoms with E-state index >= 15 is 0 Å². The van der Waals surface area contributed by atoms with Crippen LogP contribution in [0.5, 0.6) is 0 Å². The van der Waals surface area contributed by atoms with E-state index in [2.05, 4.69) is 15.6 Å². The molecule has 1 unspecified atom stereocenters. The number of amides is 1. The number of hydrogen-bond donors (Lipinski definition) is 2. The topological polar surface area (TPSA) is 54.0 Å². The van der Waals surface area contributed by atoms with Gasteiger partial charge in [-0.25, -0.2) is 9.37 Å². The van der Waals surface area contributed by atoms with Crippen LogP contribution in [0.25, 0.3) is 0 Å². The Morgan fingerprint density at radius 2 is 2.20 bits per heavy atom. The van der Waals surface area contributed by atoms with Gasteiger partial charge in [0.05, 0.1) is 11.3 Å². The third-order valence-corrected chi connectivity index (χ3v) is 3.76. The molecule has 4 nitrogen and oxygen atoms in total. The summed E-state index contributed by atoms with van der Waals surface area (Å²) in [4.78, 5) is 16.3. The molecule has 1 atom stereocenters. The number of thiazole rings is 1. The molecule has 6 heteroatoms. The minimum atomic E-state index is -0.534. The van der Waals surface area contributed by atoms with Gasteiger partial charge in [0.25, 0.3) is 5.91 Å². The Labute approximate surface area is 121 Å². The van der Waals surface area contributed by atoms with Crippen molar-refractivity contribution in [3.05, 3.63) is 46.2 Å². The normalized spacial score (nSPS) is 12.2. The lowest BCUT2D eigenvalue weighted by molar-refractivity contribution is 0.102. The maximum atomic E-state index is 13.6. The molecule has 0 saturated heterocycles. The first-order chi connectivity index (χ1) is 9.51. The number of carbonyl (C=O) groups is 1. The predicted molar refractivity (Wildman–Crippen MR) is 78.7 cm³/mol. The van der Waals surface area contributed by atoms with Crippen molar-refractivity contribution in [1.82, 2.24) is 10.3 Å². The van der Waals surface area contributed by atoms with E-state index in [9.17, 15) is 9.18 Å². The van der Waals surface area contributed by atoms with E-state index < -0.39 is 11.7 Å². The van der Waals surface area contributed by atoms with Gasteiger partial charge in [0.15, 0.2) is 5.13 Å². The third-order valence-electron chi connectivity index (χ3n) is 2.99. The van der Waals surface area contributed by atoms with Crippen LogP contribution in [0.1, 0.15) is 34.6 Å². The first-order valence-electron chi connectivity index (χ1n) is 6.21. The van der Waals surface area contributed by atoms with E-state index in [0.29, 0.717) is 5.13 Å². The summed E-state index contributed by atoms with van der Waals surface area (Å²) in [6.45, 7) is 3.78. The molecule has 1 aromatic carbocycles. The van der Waals surface area contributed by atoms with Crippen LogP contribution in [0.2, 0.25) is 0 Å². The van der Waals surface area contributed by atoms with Crippen LogP contribution in [-0.4, -0.2) is 17.9 Å². The fourth-order valence-electron chi connectivity index (χ4n) is 1.67. The van der Waals surface area contributed by atoms with E-state index in [1.807, 2.05) is 26.3 Å². The van der Waals surface area contributed by atoms with Gasteiger partial charge in [-0.15, -0.1) is 11.3 Å². The lowest BCUT2D eigenvalue weighted by Gasteiger charge is -2.06. The van der Waals surface area contributed by atoms with Gasteiger partial charge >= 0.3 is 0 Å². The summed E-state index contributed by atoms with van der Waals surface area (Å²) in [5.74, 6) is -1.02. The molecule has 0 aliphatic carbocycles. The maximum absolute atomic E-state index is 13.6. The molecule has 2 N–H and O–H groups in total. The number of hydrogen-bond acceptors (Lipinski definition) is 4. The van der Waals surface area contributed by atoms with E-state index in [1.165, 1.54) is 23.5 Å². The molecule has 0 fully saturated rings. The number of anilines is 1. The minimum Gasteiger partial charge on any atom is -0.312 e. The molecule has 0 radical (unpaired) electrons. The summed E-state index contributed by atoms with van der Waals surface area (Å²) in [6.07, 6.45) is 0. The van der Waals surface area contributed by atoms with Gasteiger partial charge in [-0.2, -0.15) is 0 Å². The van der Waals surface area contributed by atoms with Crippen molar-refractivity contribution in [2.45, 2.75) is 19.9 Å². The van der Waals surface area contributed by atoms with Gasteiger partial charge in [-0.1, -0.05) is 11.6 Å². The van der Waals surface area contributed by atoms with Crippen LogP contribution < -0.4 is 10.6 Å². The summed E-state index contributed by atoms with van der Waals surface area (Å²) in [5.41, 5.74) is 1.71. The average Bonchev–Trinajstić information content (AvgIpc) is 2.89. The van der Waals surface area contributed by atoms with Crippen LogP contribution in [0, 0.1) is 12.7 Å². The molecule has 0 spiro atoms. The van der Waals surface area contributed by atoms with Gasteiger partial charge in [-0.05, 0) is 33.0 Å². The fourth-order valence-corrected chi connectivity index (χ4v) is 2.47. The van der Waals surface area contributed by atoms with Crippen molar-refractivity contribution in [1.29, 1.82) is 0 Å². The number of halogens is 1. The molecule has 2 aromatic rings. The molecular weight excluding hydrogens is 277 g/mol. The summed E-state index contributed by atoms with van der Waals surface area (Å²) in [6, 6.07) is 4.55. The van der Waals surface area contributed by atoms with Gasteiger partial charge in [0.1, 0.15) is 5.82 Å². The Bertz CT molecular complexity index is 627. The smallest absolute Gasteiger partial charge is 0.260 e. The van der Waals surface area contributed by atoms with Crippen molar-refractivity contribution in [3.8, 4) is 0 Å². The molecule has 20 heavy (non-hydrogen) atoms. The van der Waals surface area contributed by atoms with Crippen molar-refractivity contribution in [3.63, 3.8) is 0 Å². The van der Waals surface area contributed by atoms with Crippen molar-refractivity contribution in [2.24, 2.45) is 0 Å². The largest absolute Gasteiger partial charge is 0.312 e. The number of carbonyl (C=O) groups excluding carboxylic acids is 1. The Morgan fingerprint density at radius 1 is 1.45 bits per heavy atom. The first-order valence-corrected chi connectivity index (χ1v) is 7.09. The quantitative estimate of drug-likeness (QED) is 0.910. The summed E-state index contributed by atoms with van der Waals surface area (Å²) in [7, 11) is 1.84. The molecule has 106 valence electrons. The summed E-state index contributed by atoms with van der Waals surface area (Å²) in [5, 5.41) is 8.02. The van der Waals surface area contributed by atoms with Crippen LogP contribution in [0.3, 0.4) is 0 Å². The Hall–Kier alpha value is -1.79. The number of aromatic nitrogens is 1. The van der Waals surface area contributed by atoms with E-state index in [1.54, 1.807) is 6.07 Å². The number of nitrogens with one attached hydrogen (secondary N) is 2. The van der Waals surface area contributed by atoms with Gasteiger partial charge < -0.3 is 5.32 Å². The van der Waals surface area contributed by atoms with Crippen LogP contribution in [0.4, 0.5) is 9.52 Å². The second-order valence-corrected chi connectivity index (χ2v) is 5.38. The fraction of sp³-hybridized carbons (Fsp3) is 0.286. The number of rotatable bonds is 4. The van der Waals surface area contributed by atoms with Gasteiger partial charge in [-0.3, -0.25) is 10.1 Å². The highest BCUT2D eigenvalue weighted by atomic mass is 32.1. The average molecular weight is 293 g/mol. The highest BCUT2D eigenvalue weighted by molar-refractivity contribution is 7.14. The second kappa shape index (κ2) is 6.11. The zero-order valence-electron chi connectivity index (χ0n) is 11.5. The number of benzene rings is 1. The summed E-state index contributed by atoms with van der Waals surface area (Å²) < 4.78 is 13.6. The molecule has 2 rings (SSSR count). The molecule has 1 amide bonds. The van der Waals surface area contributed by atoms with Crippen molar-refractivity contribution < 1.29 is 9.18 Å². The molecule has 0 bridgehead atoms. The predicted octanol–water partition coefficient (Wildman–Crippen LogP) is 3.12. The molecular formula is C14H16FN3OS. The zero-order valence-corrected chi connectivity index (χ0v) is 12.3. The molecule has 0 saturated carbocycles. The van der Waals surface area contributed by atoms with E-state index in [-0.39, 0.29) is 11.6 Å². The minimum absolute atomic E-state index is 0.0309. The molecule has 1 heterocycles. The number of aryl methyl sites for hydroxylation is 1. The highest BCUT2D eigenvalue weighted by Gasteiger charge is 2.14. The van der Waals surface area contributed by atoms with Crippen LogP contribution in [0.15, 0.2) is 23.6 Å². The number of nitrogens with zero attached hydrogens (tertiary/aromatic N) is 1. The monoisotopic (exact) mass is 293 g/mol. The zero-order chi connectivity index (χ0) is 14.7. The molecule has 0 aliphatic heterocycles. The van der Waals surface area contributed by atoms with Crippen LogP contribution >= 0.6 is 11.3 Å². The van der Waals surface area contributed by atoms with Crippen LogP contribution in [-0.2, 0) is 0 Å². The lowest BCUT2D eigenvalue weighted by Crippen LogP contribution is -2.15. The lowest BCUT2D eigenvalue weighted by atomic mass is 10.1. The Balaban J connectivity index is 2.15. The first kappa shape index (κ1) is 14.6. The molecule has 1 aromatic heterocycles. The van der Waals surface area contributed by atoms with Gasteiger partial charge in [0, 0.05) is 11.4 Å². The second-order valence-electron chi connectivity index (χ2n) is 4.53. The standard InChI is InChI=1S/C14H16FN3OS/c1-8-4-5-11(15)10(6-8)13(19)18-14-17-12(7-20-14)9(2)16-3/h4-7,9,16H,1-3H3,(H,17,18,19). The SMILES string of the molecule is CNC(C)c1csc(NC(=O)c2cc(C)ccc2F)n1. The van der Waals surface area contributed by atoms with E-state index in [4.69, 9.17) is 0 Å². The van der Waals surface area contributed by atoms with Crippen molar-refractivity contribution in [2.75, 3.05) is 12.4 Å². The third kappa shape index (κ3) is 3.20. The Morgan fingerprint density at radius 3 is 2.90 bits per heavy atom. The Kier molecular flexibility index (Phi) is 4.46. The molecule has 0 aliphatic rings. The summed E-state index contributed by atoms with van der Waals surface area (Å²) >= 11 is 1.32.